The number of carbonyl (C=O) groups excluding carboxylic acids is 2. The van der Waals surface area contributed by atoms with Crippen molar-refractivity contribution in [1.82, 2.24) is 9.55 Å². The zero-order valence-corrected chi connectivity index (χ0v) is 19.2. The number of benzene rings is 2. The second-order valence-electron chi connectivity index (χ2n) is 7.69. The molecule has 0 unspecified atom stereocenters. The van der Waals surface area contributed by atoms with Crippen molar-refractivity contribution < 1.29 is 9.59 Å². The van der Waals surface area contributed by atoms with Crippen molar-refractivity contribution in [2.75, 3.05) is 11.1 Å². The monoisotopic (exact) mass is 476 g/mol. The highest BCUT2D eigenvalue weighted by Crippen LogP contribution is 2.36. The maximum atomic E-state index is 13.6. The minimum atomic E-state index is -0.525. The summed E-state index contributed by atoms with van der Waals surface area (Å²) in [5.41, 5.74) is 7.95. The number of fused-ring (bicyclic) bond motifs is 3. The summed E-state index contributed by atoms with van der Waals surface area (Å²) in [6.07, 6.45) is 2.96. The molecule has 2 aromatic carbocycles. The molecule has 1 aliphatic carbocycles. The van der Waals surface area contributed by atoms with Crippen LogP contribution in [0.4, 0.5) is 5.69 Å². The molecule has 0 aliphatic heterocycles. The van der Waals surface area contributed by atoms with Crippen LogP contribution in [0.25, 0.3) is 15.9 Å². The lowest BCUT2D eigenvalue weighted by Gasteiger charge is -2.12. The van der Waals surface area contributed by atoms with Crippen LogP contribution in [-0.2, 0) is 17.6 Å². The molecule has 2 aromatic heterocycles. The Hall–Kier alpha value is -3.43. The number of anilines is 1. The van der Waals surface area contributed by atoms with E-state index in [4.69, 9.17) is 10.7 Å². The SMILES string of the molecule is NC(=O)c1ccc(NC(=O)CSc2nc3sc4c(c3c(=O)n2-c2ccccc2)CCC4)cc1. The molecule has 4 aromatic rings. The molecule has 0 bridgehead atoms. The first-order valence-electron chi connectivity index (χ1n) is 10.5. The summed E-state index contributed by atoms with van der Waals surface area (Å²) in [5, 5.41) is 3.99. The van der Waals surface area contributed by atoms with E-state index in [0.717, 1.165) is 35.3 Å². The highest BCUT2D eigenvalue weighted by molar-refractivity contribution is 7.99. The van der Waals surface area contributed by atoms with Crippen molar-refractivity contribution in [2.24, 2.45) is 5.73 Å². The summed E-state index contributed by atoms with van der Waals surface area (Å²) in [6.45, 7) is 0. The Morgan fingerprint density at radius 2 is 1.85 bits per heavy atom. The van der Waals surface area contributed by atoms with Crippen molar-refractivity contribution in [3.8, 4) is 5.69 Å². The molecule has 0 saturated carbocycles. The van der Waals surface area contributed by atoms with Crippen molar-refractivity contribution in [1.29, 1.82) is 0 Å². The molecule has 33 heavy (non-hydrogen) atoms. The highest BCUT2D eigenvalue weighted by atomic mass is 32.2. The van der Waals surface area contributed by atoms with E-state index in [1.807, 2.05) is 30.3 Å². The number of amides is 2. The van der Waals surface area contributed by atoms with Gasteiger partial charge < -0.3 is 11.1 Å². The molecule has 7 nitrogen and oxygen atoms in total. The minimum absolute atomic E-state index is 0.0768. The van der Waals surface area contributed by atoms with Gasteiger partial charge in [0.1, 0.15) is 4.83 Å². The minimum Gasteiger partial charge on any atom is -0.366 e. The van der Waals surface area contributed by atoms with E-state index in [9.17, 15) is 14.4 Å². The molecule has 0 radical (unpaired) electrons. The number of nitrogens with zero attached hydrogens (tertiary/aromatic N) is 2. The highest BCUT2D eigenvalue weighted by Gasteiger charge is 2.24. The van der Waals surface area contributed by atoms with Gasteiger partial charge in [0.15, 0.2) is 5.16 Å². The van der Waals surface area contributed by atoms with E-state index in [0.29, 0.717) is 21.8 Å². The molecular formula is C24H20N4O3S2. The fraction of sp³-hybridized carbons (Fsp3) is 0.167. The van der Waals surface area contributed by atoms with Crippen LogP contribution in [0.15, 0.2) is 64.5 Å². The molecular weight excluding hydrogens is 456 g/mol. The molecule has 1 aliphatic rings. The topological polar surface area (TPSA) is 107 Å². The third-order valence-electron chi connectivity index (χ3n) is 5.51. The fourth-order valence-corrected chi connectivity index (χ4v) is 6.09. The van der Waals surface area contributed by atoms with Gasteiger partial charge in [0.05, 0.1) is 16.8 Å². The molecule has 0 saturated heterocycles. The van der Waals surface area contributed by atoms with E-state index in [-0.39, 0.29) is 17.2 Å². The Labute approximate surface area is 197 Å². The third kappa shape index (κ3) is 4.17. The van der Waals surface area contributed by atoms with Gasteiger partial charge in [-0.05, 0) is 61.2 Å². The number of nitrogens with two attached hydrogens (primary N) is 1. The average Bonchev–Trinajstić information content (AvgIpc) is 3.39. The van der Waals surface area contributed by atoms with Gasteiger partial charge >= 0.3 is 0 Å². The van der Waals surface area contributed by atoms with Crippen LogP contribution in [0, 0.1) is 0 Å². The zero-order chi connectivity index (χ0) is 22.9. The zero-order valence-electron chi connectivity index (χ0n) is 17.5. The molecule has 0 fully saturated rings. The molecule has 2 heterocycles. The summed E-state index contributed by atoms with van der Waals surface area (Å²) >= 11 is 2.80. The smallest absolute Gasteiger partial charge is 0.267 e. The molecule has 3 N–H and O–H groups in total. The van der Waals surface area contributed by atoms with Gasteiger partial charge in [-0.15, -0.1) is 11.3 Å². The number of aryl methyl sites for hydroxylation is 2. The van der Waals surface area contributed by atoms with E-state index in [2.05, 4.69) is 5.32 Å². The standard InChI is InChI=1S/C24H20N4O3S2/c25-21(30)14-9-11-15(12-10-14)26-19(29)13-32-24-27-22-20(17-7-4-8-18(17)33-22)23(31)28(24)16-5-2-1-3-6-16/h1-3,5-6,9-12H,4,7-8,13H2,(H2,25,30)(H,26,29). The van der Waals surface area contributed by atoms with Gasteiger partial charge in [-0.2, -0.15) is 0 Å². The first kappa shape index (κ1) is 21.4. The summed E-state index contributed by atoms with van der Waals surface area (Å²) in [6, 6.07) is 15.7. The Kier molecular flexibility index (Phi) is 5.74. The van der Waals surface area contributed by atoms with Crippen molar-refractivity contribution >= 4 is 50.8 Å². The fourth-order valence-electron chi connectivity index (χ4n) is 3.97. The maximum absolute atomic E-state index is 13.6. The number of hydrogen-bond acceptors (Lipinski definition) is 6. The van der Waals surface area contributed by atoms with Gasteiger partial charge in [0, 0.05) is 16.1 Å². The third-order valence-corrected chi connectivity index (χ3v) is 7.63. The summed E-state index contributed by atoms with van der Waals surface area (Å²) < 4.78 is 1.60. The van der Waals surface area contributed by atoms with E-state index >= 15 is 0 Å². The Morgan fingerprint density at radius 1 is 1.09 bits per heavy atom. The van der Waals surface area contributed by atoms with Crippen molar-refractivity contribution in [3.05, 3.63) is 81.0 Å². The van der Waals surface area contributed by atoms with Crippen LogP contribution in [-0.4, -0.2) is 27.1 Å². The average molecular weight is 477 g/mol. The molecule has 2 amide bonds. The second kappa shape index (κ2) is 8.84. The molecule has 9 heteroatoms. The van der Waals surface area contributed by atoms with E-state index in [1.165, 1.54) is 16.6 Å². The Morgan fingerprint density at radius 3 is 2.58 bits per heavy atom. The number of hydrogen-bond donors (Lipinski definition) is 2. The molecule has 5 rings (SSSR count). The molecule has 166 valence electrons. The van der Waals surface area contributed by atoms with Crippen molar-refractivity contribution in [2.45, 2.75) is 24.4 Å². The lowest BCUT2D eigenvalue weighted by atomic mass is 10.2. The Bertz CT molecular complexity index is 1430. The number of nitrogens with one attached hydrogen (secondary N) is 1. The van der Waals surface area contributed by atoms with Crippen LogP contribution >= 0.6 is 23.1 Å². The number of thiophene rings is 1. The maximum Gasteiger partial charge on any atom is 0.267 e. The van der Waals surface area contributed by atoms with Gasteiger partial charge in [-0.1, -0.05) is 30.0 Å². The lowest BCUT2D eigenvalue weighted by Crippen LogP contribution is -2.23. The van der Waals surface area contributed by atoms with Crippen molar-refractivity contribution in [3.63, 3.8) is 0 Å². The lowest BCUT2D eigenvalue weighted by molar-refractivity contribution is -0.113. The second-order valence-corrected chi connectivity index (χ2v) is 9.71. The first-order valence-corrected chi connectivity index (χ1v) is 12.3. The first-order chi connectivity index (χ1) is 16.0. The van der Waals surface area contributed by atoms with E-state index < -0.39 is 5.91 Å². The van der Waals surface area contributed by atoms with Crippen LogP contribution < -0.4 is 16.6 Å². The Balaban J connectivity index is 1.44. The number of aromatic nitrogens is 2. The van der Waals surface area contributed by atoms with Gasteiger partial charge in [0.25, 0.3) is 5.56 Å². The summed E-state index contributed by atoms with van der Waals surface area (Å²) in [5.74, 6) is -0.689. The normalized spacial score (nSPS) is 12.6. The number of rotatable bonds is 6. The predicted octanol–water partition coefficient (Wildman–Crippen LogP) is 3.77. The van der Waals surface area contributed by atoms with Gasteiger partial charge in [0.2, 0.25) is 11.8 Å². The number of thioether (sulfide) groups is 1. The quantitative estimate of drug-likeness (QED) is 0.325. The van der Waals surface area contributed by atoms with Crippen LogP contribution in [0.5, 0.6) is 0 Å². The van der Waals surface area contributed by atoms with E-state index in [1.54, 1.807) is 40.2 Å². The predicted molar refractivity (Wildman–Crippen MR) is 132 cm³/mol. The van der Waals surface area contributed by atoms with Gasteiger partial charge in [-0.3, -0.25) is 19.0 Å². The number of primary amides is 1. The van der Waals surface area contributed by atoms with Crippen LogP contribution in [0.2, 0.25) is 0 Å². The van der Waals surface area contributed by atoms with Crippen LogP contribution in [0.3, 0.4) is 0 Å². The largest absolute Gasteiger partial charge is 0.366 e. The molecule has 0 atom stereocenters. The summed E-state index contributed by atoms with van der Waals surface area (Å²) in [7, 11) is 0. The number of para-hydroxylation sites is 1. The van der Waals surface area contributed by atoms with Crippen LogP contribution in [0.1, 0.15) is 27.2 Å². The molecule has 0 spiro atoms. The summed E-state index contributed by atoms with van der Waals surface area (Å²) in [4.78, 5) is 44.1. The van der Waals surface area contributed by atoms with Gasteiger partial charge in [-0.25, -0.2) is 4.98 Å². The number of carbonyl (C=O) groups is 2.